The molecule has 0 spiro atoms. The standard InChI is InChI=1S/C25H33N3O5/c1-6-33-12-11-21(29)16(3)28-17(4)23(18-9-7-8-10-20(18)28)25(31)26-14-19-22(32-5)13-15(2)27-24(19)30/h7-10,13,16,21,29H,6,11-12,14H2,1-5H3,(H,26,31)(H,27,30)/t16-,21-/m1/s1. The fraction of sp³-hybridized carbons (Fsp3) is 0.440. The second-order valence-electron chi connectivity index (χ2n) is 8.15. The number of rotatable bonds is 10. The lowest BCUT2D eigenvalue weighted by Gasteiger charge is -2.23. The lowest BCUT2D eigenvalue weighted by molar-refractivity contribution is 0.0630. The van der Waals surface area contributed by atoms with E-state index in [-0.39, 0.29) is 24.1 Å². The van der Waals surface area contributed by atoms with Crippen LogP contribution >= 0.6 is 0 Å². The number of amides is 1. The number of carbonyl (C=O) groups is 1. The molecule has 1 aromatic carbocycles. The number of hydrogen-bond donors (Lipinski definition) is 3. The quantitative estimate of drug-likeness (QED) is 0.407. The number of hydrogen-bond acceptors (Lipinski definition) is 5. The van der Waals surface area contributed by atoms with Gasteiger partial charge in [-0.25, -0.2) is 0 Å². The first-order valence-electron chi connectivity index (χ1n) is 11.2. The Labute approximate surface area is 193 Å². The lowest BCUT2D eigenvalue weighted by atomic mass is 10.1. The Bertz CT molecular complexity index is 1180. The Hall–Kier alpha value is -3.10. The van der Waals surface area contributed by atoms with Crippen LogP contribution in [0.2, 0.25) is 0 Å². The summed E-state index contributed by atoms with van der Waals surface area (Å²) in [6, 6.07) is 9.11. The molecule has 2 atom stereocenters. The fourth-order valence-electron chi connectivity index (χ4n) is 4.26. The molecule has 33 heavy (non-hydrogen) atoms. The van der Waals surface area contributed by atoms with Gasteiger partial charge in [-0.2, -0.15) is 0 Å². The second kappa shape index (κ2) is 10.7. The molecular weight excluding hydrogens is 422 g/mol. The number of pyridine rings is 1. The number of methoxy groups -OCH3 is 1. The number of benzene rings is 1. The van der Waals surface area contributed by atoms with Crippen molar-refractivity contribution in [2.75, 3.05) is 20.3 Å². The van der Waals surface area contributed by atoms with Crippen LogP contribution in [0.1, 0.15) is 53.6 Å². The number of fused-ring (bicyclic) bond motifs is 1. The molecule has 1 amide bonds. The largest absolute Gasteiger partial charge is 0.496 e. The molecule has 8 heteroatoms. The summed E-state index contributed by atoms with van der Waals surface area (Å²) in [4.78, 5) is 28.4. The van der Waals surface area contributed by atoms with E-state index in [4.69, 9.17) is 9.47 Å². The molecule has 0 radical (unpaired) electrons. The lowest BCUT2D eigenvalue weighted by Crippen LogP contribution is -2.28. The van der Waals surface area contributed by atoms with Gasteiger partial charge in [0, 0.05) is 35.5 Å². The molecule has 0 bridgehead atoms. The highest BCUT2D eigenvalue weighted by Gasteiger charge is 2.25. The molecule has 0 saturated heterocycles. The third kappa shape index (κ3) is 5.12. The zero-order valence-corrected chi connectivity index (χ0v) is 19.9. The summed E-state index contributed by atoms with van der Waals surface area (Å²) < 4.78 is 12.7. The number of para-hydroxylation sites is 1. The van der Waals surface area contributed by atoms with Crippen molar-refractivity contribution in [2.45, 2.75) is 52.8 Å². The first-order valence-corrected chi connectivity index (χ1v) is 11.2. The number of carbonyl (C=O) groups excluding carboxylic acids is 1. The molecule has 0 aliphatic carbocycles. The Morgan fingerprint density at radius 3 is 2.70 bits per heavy atom. The van der Waals surface area contributed by atoms with E-state index in [0.29, 0.717) is 42.2 Å². The Morgan fingerprint density at radius 1 is 1.27 bits per heavy atom. The number of nitrogens with zero attached hydrogens (tertiary/aromatic N) is 1. The van der Waals surface area contributed by atoms with Crippen molar-refractivity contribution in [3.05, 3.63) is 63.2 Å². The van der Waals surface area contributed by atoms with Crippen molar-refractivity contribution in [1.82, 2.24) is 14.9 Å². The van der Waals surface area contributed by atoms with Gasteiger partial charge < -0.3 is 29.4 Å². The highest BCUT2D eigenvalue weighted by molar-refractivity contribution is 6.08. The molecule has 0 aliphatic heterocycles. The topological polar surface area (TPSA) is 106 Å². The number of ether oxygens (including phenoxy) is 2. The van der Waals surface area contributed by atoms with Gasteiger partial charge in [-0.05, 0) is 46.2 Å². The van der Waals surface area contributed by atoms with Crippen molar-refractivity contribution in [3.63, 3.8) is 0 Å². The zero-order chi connectivity index (χ0) is 24.1. The molecule has 3 aromatic rings. The summed E-state index contributed by atoms with van der Waals surface area (Å²) in [5.74, 6) is 0.141. The highest BCUT2D eigenvalue weighted by atomic mass is 16.5. The molecule has 3 N–H and O–H groups in total. The van der Waals surface area contributed by atoms with Crippen LogP contribution in [0.3, 0.4) is 0 Å². The average molecular weight is 456 g/mol. The van der Waals surface area contributed by atoms with Crippen molar-refractivity contribution >= 4 is 16.8 Å². The van der Waals surface area contributed by atoms with Crippen molar-refractivity contribution in [1.29, 1.82) is 0 Å². The number of nitrogens with one attached hydrogen (secondary N) is 2. The summed E-state index contributed by atoms with van der Waals surface area (Å²) in [6.45, 7) is 8.61. The molecule has 0 unspecified atom stereocenters. The smallest absolute Gasteiger partial charge is 0.256 e. The van der Waals surface area contributed by atoms with E-state index in [9.17, 15) is 14.7 Å². The molecule has 2 aromatic heterocycles. The maximum atomic E-state index is 13.3. The Morgan fingerprint density at radius 2 is 2.00 bits per heavy atom. The van der Waals surface area contributed by atoms with Gasteiger partial charge in [-0.3, -0.25) is 9.59 Å². The molecule has 3 rings (SSSR count). The minimum absolute atomic E-state index is 0.0309. The monoisotopic (exact) mass is 455 g/mol. The molecular formula is C25H33N3O5. The predicted molar refractivity (Wildman–Crippen MR) is 128 cm³/mol. The zero-order valence-electron chi connectivity index (χ0n) is 19.9. The summed E-state index contributed by atoms with van der Waals surface area (Å²) in [7, 11) is 1.50. The first-order chi connectivity index (χ1) is 15.8. The molecule has 0 saturated carbocycles. The number of aromatic amines is 1. The van der Waals surface area contributed by atoms with Crippen molar-refractivity contribution in [2.24, 2.45) is 0 Å². The molecule has 178 valence electrons. The number of aryl methyl sites for hydroxylation is 1. The fourth-order valence-corrected chi connectivity index (χ4v) is 4.26. The van der Waals surface area contributed by atoms with E-state index in [0.717, 1.165) is 16.6 Å². The van der Waals surface area contributed by atoms with Gasteiger partial charge in [-0.15, -0.1) is 0 Å². The second-order valence-corrected chi connectivity index (χ2v) is 8.15. The van der Waals surface area contributed by atoms with Gasteiger partial charge in [0.15, 0.2) is 0 Å². The van der Waals surface area contributed by atoms with Crippen LogP contribution in [0.15, 0.2) is 35.1 Å². The van der Waals surface area contributed by atoms with Crippen LogP contribution in [-0.2, 0) is 11.3 Å². The maximum absolute atomic E-state index is 13.3. The van der Waals surface area contributed by atoms with Crippen LogP contribution in [0.4, 0.5) is 0 Å². The predicted octanol–water partition coefficient (Wildman–Crippen LogP) is 3.23. The SMILES string of the molecule is CCOCC[C@@H](O)[C@@H](C)n1c(C)c(C(=O)NCc2c(OC)cc(C)[nH]c2=O)c2ccccc21. The summed E-state index contributed by atoms with van der Waals surface area (Å²) in [5.41, 5.74) is 2.89. The van der Waals surface area contributed by atoms with Gasteiger partial charge in [0.05, 0.1) is 36.9 Å². The van der Waals surface area contributed by atoms with E-state index in [1.54, 1.807) is 13.0 Å². The Kier molecular flexibility index (Phi) is 7.94. The van der Waals surface area contributed by atoms with Gasteiger partial charge in [-0.1, -0.05) is 18.2 Å². The van der Waals surface area contributed by atoms with Gasteiger partial charge >= 0.3 is 0 Å². The van der Waals surface area contributed by atoms with E-state index in [1.807, 2.05) is 49.6 Å². The number of aliphatic hydroxyl groups excluding tert-OH is 1. The van der Waals surface area contributed by atoms with Crippen LogP contribution in [0, 0.1) is 13.8 Å². The molecule has 8 nitrogen and oxygen atoms in total. The summed E-state index contributed by atoms with van der Waals surface area (Å²) in [6.07, 6.45) is -0.129. The van der Waals surface area contributed by atoms with Crippen LogP contribution < -0.4 is 15.6 Å². The Balaban J connectivity index is 1.92. The maximum Gasteiger partial charge on any atom is 0.256 e. The normalized spacial score (nSPS) is 13.2. The highest BCUT2D eigenvalue weighted by Crippen LogP contribution is 2.31. The van der Waals surface area contributed by atoms with Crippen molar-refractivity contribution < 1.29 is 19.4 Å². The average Bonchev–Trinajstić information content (AvgIpc) is 3.09. The number of aliphatic hydroxyl groups is 1. The van der Waals surface area contributed by atoms with Gasteiger partial charge in [0.1, 0.15) is 5.75 Å². The third-order valence-corrected chi connectivity index (χ3v) is 5.98. The number of aromatic nitrogens is 2. The number of H-pyrrole nitrogens is 1. The van der Waals surface area contributed by atoms with E-state index in [1.165, 1.54) is 7.11 Å². The van der Waals surface area contributed by atoms with E-state index >= 15 is 0 Å². The van der Waals surface area contributed by atoms with Crippen molar-refractivity contribution in [3.8, 4) is 5.75 Å². The van der Waals surface area contributed by atoms with Crippen LogP contribution in [0.5, 0.6) is 5.75 Å². The van der Waals surface area contributed by atoms with Crippen LogP contribution in [-0.4, -0.2) is 47.0 Å². The van der Waals surface area contributed by atoms with Gasteiger partial charge in [0.25, 0.3) is 11.5 Å². The first kappa shape index (κ1) is 24.5. The summed E-state index contributed by atoms with van der Waals surface area (Å²) in [5, 5.41) is 14.4. The molecule has 2 heterocycles. The minimum Gasteiger partial charge on any atom is -0.496 e. The summed E-state index contributed by atoms with van der Waals surface area (Å²) >= 11 is 0. The third-order valence-electron chi connectivity index (χ3n) is 5.98. The molecule has 0 aliphatic rings. The van der Waals surface area contributed by atoms with E-state index < -0.39 is 6.10 Å². The minimum atomic E-state index is -0.627. The van der Waals surface area contributed by atoms with Crippen LogP contribution in [0.25, 0.3) is 10.9 Å². The molecule has 0 fully saturated rings. The van der Waals surface area contributed by atoms with Gasteiger partial charge in [0.2, 0.25) is 0 Å². The van der Waals surface area contributed by atoms with E-state index in [2.05, 4.69) is 10.3 Å².